The molecule has 0 aliphatic carbocycles. The second-order valence-corrected chi connectivity index (χ2v) is 5.35. The Morgan fingerprint density at radius 3 is 2.24 bits per heavy atom. The number of allylic oxidation sites excluding steroid dienone is 1. The second-order valence-electron chi connectivity index (χ2n) is 2.71. The Morgan fingerprint density at radius 1 is 1.35 bits per heavy atom. The predicted molar refractivity (Wildman–Crippen MR) is 68.5 cm³/mol. The zero-order valence-electron chi connectivity index (χ0n) is 10.2. The fraction of sp³-hybridized carbons (Fsp3) is 0.500. The fourth-order valence-electron chi connectivity index (χ4n) is 0.783. The largest absolute Gasteiger partial charge is 0.530 e. The van der Waals surface area contributed by atoms with Gasteiger partial charge in [0.1, 0.15) is 5.76 Å². The first-order valence-corrected chi connectivity index (χ1v) is 7.40. The lowest BCUT2D eigenvalue weighted by Crippen LogP contribution is -1.99. The van der Waals surface area contributed by atoms with E-state index in [1.54, 1.807) is 13.8 Å². The molecule has 0 aromatic heterocycles. The maximum absolute atomic E-state index is 12.0. The summed E-state index contributed by atoms with van der Waals surface area (Å²) in [6.07, 6.45) is 1.33. The van der Waals surface area contributed by atoms with Crippen LogP contribution in [0, 0.1) is 0 Å². The minimum Gasteiger partial charge on any atom is -0.403 e. The van der Waals surface area contributed by atoms with Crippen LogP contribution in [-0.4, -0.2) is 18.3 Å². The molecule has 0 atom stereocenters. The van der Waals surface area contributed by atoms with Gasteiger partial charge in [-0.25, -0.2) is 4.57 Å². The Kier molecular flexibility index (Phi) is 8.25. The first kappa shape index (κ1) is 16.4. The van der Waals surface area contributed by atoms with Crippen LogP contribution < -0.4 is 0 Å². The molecule has 0 bridgehead atoms. The van der Waals surface area contributed by atoms with Crippen molar-refractivity contribution in [2.24, 2.45) is 0 Å². The molecule has 0 aromatic carbocycles. The van der Waals surface area contributed by atoms with Crippen molar-refractivity contribution in [1.29, 1.82) is 0 Å². The van der Waals surface area contributed by atoms with Crippen LogP contribution in [0.3, 0.4) is 0 Å². The molecular formula is C10H17O5PS. The Bertz CT molecular complexity index is 330. The van der Waals surface area contributed by atoms with E-state index in [0.717, 1.165) is 11.8 Å². The Labute approximate surface area is 106 Å². The number of phosphoric ester groups is 1. The molecule has 0 N–H and O–H groups in total. The van der Waals surface area contributed by atoms with Crippen molar-refractivity contribution >= 4 is 24.7 Å². The zero-order chi connectivity index (χ0) is 13.3. The summed E-state index contributed by atoms with van der Waals surface area (Å²) >= 11 is 0.911. The fourth-order valence-corrected chi connectivity index (χ4v) is 2.48. The molecule has 0 fully saturated rings. The number of rotatable bonds is 8. The van der Waals surface area contributed by atoms with Crippen molar-refractivity contribution in [3.05, 3.63) is 23.8 Å². The average Bonchev–Trinajstić information content (AvgIpc) is 2.24. The normalized spacial score (nSPS) is 12.3. The molecule has 98 valence electrons. The van der Waals surface area contributed by atoms with Crippen molar-refractivity contribution in [2.45, 2.75) is 20.8 Å². The van der Waals surface area contributed by atoms with E-state index < -0.39 is 7.82 Å². The van der Waals surface area contributed by atoms with E-state index in [2.05, 4.69) is 6.58 Å². The van der Waals surface area contributed by atoms with Crippen LogP contribution in [0.2, 0.25) is 0 Å². The van der Waals surface area contributed by atoms with Crippen molar-refractivity contribution in [3.8, 4) is 0 Å². The SMILES string of the molecule is C=C/C(=C/SC(C)=O)OP(=O)(OCC)OCC. The van der Waals surface area contributed by atoms with Gasteiger partial charge in [-0.15, -0.1) is 0 Å². The van der Waals surface area contributed by atoms with E-state index in [1.165, 1.54) is 18.4 Å². The molecule has 5 nitrogen and oxygen atoms in total. The van der Waals surface area contributed by atoms with Crippen LogP contribution in [-0.2, 0) is 22.9 Å². The maximum Gasteiger partial charge on any atom is 0.530 e. The summed E-state index contributed by atoms with van der Waals surface area (Å²) in [6, 6.07) is 0. The Balaban J connectivity index is 4.70. The smallest absolute Gasteiger partial charge is 0.403 e. The number of carbonyl (C=O) groups excluding carboxylic acids is 1. The molecule has 0 heterocycles. The van der Waals surface area contributed by atoms with Gasteiger partial charge in [0.05, 0.1) is 13.2 Å². The number of phosphoric acid groups is 1. The summed E-state index contributed by atoms with van der Waals surface area (Å²) in [7, 11) is -3.62. The highest BCUT2D eigenvalue weighted by atomic mass is 32.2. The van der Waals surface area contributed by atoms with Gasteiger partial charge in [-0.2, -0.15) is 0 Å². The van der Waals surface area contributed by atoms with Gasteiger partial charge >= 0.3 is 7.82 Å². The molecule has 17 heavy (non-hydrogen) atoms. The van der Waals surface area contributed by atoms with E-state index in [9.17, 15) is 9.36 Å². The zero-order valence-corrected chi connectivity index (χ0v) is 11.9. The molecule has 0 radical (unpaired) electrons. The van der Waals surface area contributed by atoms with Gasteiger partial charge in [-0.1, -0.05) is 18.3 Å². The predicted octanol–water partition coefficient (Wildman–Crippen LogP) is 3.49. The third-order valence-electron chi connectivity index (χ3n) is 1.33. The van der Waals surface area contributed by atoms with Crippen LogP contribution >= 0.6 is 19.6 Å². The summed E-state index contributed by atoms with van der Waals surface area (Å²) in [5.41, 5.74) is 0. The summed E-state index contributed by atoms with van der Waals surface area (Å²) in [5.74, 6) is 0.176. The highest BCUT2D eigenvalue weighted by Crippen LogP contribution is 2.51. The lowest BCUT2D eigenvalue weighted by atomic mass is 10.6. The van der Waals surface area contributed by atoms with Gasteiger partial charge < -0.3 is 4.52 Å². The van der Waals surface area contributed by atoms with Crippen LogP contribution in [0.15, 0.2) is 23.8 Å². The molecule has 0 saturated heterocycles. The average molecular weight is 280 g/mol. The van der Waals surface area contributed by atoms with Crippen molar-refractivity contribution < 1.29 is 22.9 Å². The lowest BCUT2D eigenvalue weighted by Gasteiger charge is -2.17. The topological polar surface area (TPSA) is 61.8 Å². The molecule has 0 spiro atoms. The molecular weight excluding hydrogens is 263 g/mol. The summed E-state index contributed by atoms with van der Waals surface area (Å²) in [6.45, 7) is 8.65. The Morgan fingerprint density at radius 2 is 1.88 bits per heavy atom. The van der Waals surface area contributed by atoms with Gasteiger partial charge in [0.25, 0.3) is 0 Å². The van der Waals surface area contributed by atoms with Gasteiger partial charge in [-0.3, -0.25) is 13.8 Å². The number of hydrogen-bond donors (Lipinski definition) is 0. The van der Waals surface area contributed by atoms with Gasteiger partial charge in [-0.05, 0) is 19.9 Å². The summed E-state index contributed by atoms with van der Waals surface area (Å²) in [4.78, 5) is 10.8. The highest BCUT2D eigenvalue weighted by molar-refractivity contribution is 8.16. The highest BCUT2D eigenvalue weighted by Gasteiger charge is 2.27. The van der Waals surface area contributed by atoms with Crippen molar-refractivity contribution in [3.63, 3.8) is 0 Å². The second kappa shape index (κ2) is 8.53. The molecule has 0 saturated carbocycles. The van der Waals surface area contributed by atoms with Crippen LogP contribution in [0.1, 0.15) is 20.8 Å². The maximum atomic E-state index is 12.0. The van der Waals surface area contributed by atoms with Crippen LogP contribution in [0.5, 0.6) is 0 Å². The van der Waals surface area contributed by atoms with Crippen LogP contribution in [0.25, 0.3) is 0 Å². The molecule has 0 aromatic rings. The third-order valence-corrected chi connectivity index (χ3v) is 3.60. The quantitative estimate of drug-likeness (QED) is 0.385. The van der Waals surface area contributed by atoms with E-state index in [4.69, 9.17) is 13.6 Å². The van der Waals surface area contributed by atoms with Crippen molar-refractivity contribution in [2.75, 3.05) is 13.2 Å². The van der Waals surface area contributed by atoms with Gasteiger partial charge in [0.15, 0.2) is 5.12 Å². The molecule has 0 aliphatic rings. The minimum atomic E-state index is -3.62. The van der Waals surface area contributed by atoms with E-state index in [-0.39, 0.29) is 24.1 Å². The van der Waals surface area contributed by atoms with Gasteiger partial charge in [0, 0.05) is 12.3 Å². The van der Waals surface area contributed by atoms with E-state index >= 15 is 0 Å². The minimum absolute atomic E-state index is 0.115. The first-order valence-electron chi connectivity index (χ1n) is 5.06. The third kappa shape index (κ3) is 7.39. The summed E-state index contributed by atoms with van der Waals surface area (Å²) < 4.78 is 27.0. The first-order chi connectivity index (χ1) is 7.97. The number of hydrogen-bond acceptors (Lipinski definition) is 6. The molecule has 0 unspecified atom stereocenters. The lowest BCUT2D eigenvalue weighted by molar-refractivity contribution is -0.109. The molecule has 7 heteroatoms. The van der Waals surface area contributed by atoms with Crippen LogP contribution in [0.4, 0.5) is 0 Å². The van der Waals surface area contributed by atoms with E-state index in [1.807, 2.05) is 0 Å². The van der Waals surface area contributed by atoms with E-state index in [0.29, 0.717) is 0 Å². The monoisotopic (exact) mass is 280 g/mol. The molecule has 0 aliphatic heterocycles. The number of carbonyl (C=O) groups is 1. The van der Waals surface area contributed by atoms with Crippen molar-refractivity contribution in [1.82, 2.24) is 0 Å². The van der Waals surface area contributed by atoms with Gasteiger partial charge in [0.2, 0.25) is 0 Å². The molecule has 0 rings (SSSR count). The standard InChI is InChI=1S/C10H17O5PS/c1-5-10(8-17-9(4)11)15-16(12,13-6-2)14-7-3/h5,8H,1,6-7H2,2-4H3/b10-8-. The summed E-state index contributed by atoms with van der Waals surface area (Å²) in [5, 5.41) is 1.29. The Hall–Kier alpha value is -0.550. The number of thioether (sulfide) groups is 1. The molecule has 0 amide bonds.